The molecular formula is C18H23N3O7. The van der Waals surface area contributed by atoms with Gasteiger partial charge in [-0.25, -0.2) is 4.79 Å². The SMILES string of the molecule is CCC1C(=O)C2=C(C(=O)C13OCCO3)[C@H](COC(N)=O)[C@@]1(O)[C@@H]3[C@H](CN21)N3C. The van der Waals surface area contributed by atoms with Gasteiger partial charge in [0, 0.05) is 18.2 Å². The van der Waals surface area contributed by atoms with Crippen LogP contribution in [0.15, 0.2) is 11.3 Å². The van der Waals surface area contributed by atoms with Gasteiger partial charge in [0.1, 0.15) is 6.61 Å². The summed E-state index contributed by atoms with van der Waals surface area (Å²) in [5.74, 6) is -4.10. The summed E-state index contributed by atoms with van der Waals surface area (Å²) in [6.45, 7) is 2.35. The Labute approximate surface area is 161 Å². The summed E-state index contributed by atoms with van der Waals surface area (Å²) in [6, 6.07) is -0.186. The highest BCUT2D eigenvalue weighted by atomic mass is 16.7. The number of ketones is 2. The second-order valence-corrected chi connectivity index (χ2v) is 8.03. The normalized spacial score (nSPS) is 42.7. The lowest BCUT2D eigenvalue weighted by molar-refractivity contribution is -0.200. The molecule has 152 valence electrons. The number of primary amides is 1. The van der Waals surface area contributed by atoms with Crippen LogP contribution in [0.3, 0.4) is 0 Å². The molecule has 10 heteroatoms. The van der Waals surface area contributed by atoms with Crippen molar-refractivity contribution in [2.75, 3.05) is 33.4 Å². The summed E-state index contributed by atoms with van der Waals surface area (Å²) in [5, 5.41) is 11.7. The Morgan fingerprint density at radius 1 is 1.32 bits per heavy atom. The summed E-state index contributed by atoms with van der Waals surface area (Å²) >= 11 is 0. The molecule has 6 atom stereocenters. The summed E-state index contributed by atoms with van der Waals surface area (Å²) in [4.78, 5) is 41.9. The fraction of sp³-hybridized carbons (Fsp3) is 0.722. The number of carbonyl (C=O) groups is 3. The quantitative estimate of drug-likeness (QED) is 0.554. The fourth-order valence-electron chi connectivity index (χ4n) is 5.70. The molecule has 5 aliphatic rings. The maximum absolute atomic E-state index is 13.6. The van der Waals surface area contributed by atoms with E-state index in [0.29, 0.717) is 13.0 Å². The molecule has 10 nitrogen and oxygen atoms in total. The minimum atomic E-state index is -1.67. The zero-order valence-corrected chi connectivity index (χ0v) is 15.7. The van der Waals surface area contributed by atoms with E-state index in [2.05, 4.69) is 0 Å². The Hall–Kier alpha value is -2.01. The minimum Gasteiger partial charge on any atom is -0.449 e. The Bertz CT molecular complexity index is 820. The number of Topliss-reactive ketones (excluding diaryl/α,β-unsaturated/α-hetero) is 2. The van der Waals surface area contributed by atoms with Gasteiger partial charge in [0.15, 0.2) is 11.5 Å². The average Bonchev–Trinajstić information content (AvgIpc) is 2.98. The molecule has 3 saturated heterocycles. The molecule has 1 spiro atoms. The predicted octanol–water partition coefficient (Wildman–Crippen LogP) is -1.43. The maximum atomic E-state index is 13.6. The molecule has 3 fully saturated rings. The molecule has 4 heterocycles. The third-order valence-corrected chi connectivity index (χ3v) is 6.95. The van der Waals surface area contributed by atoms with Crippen molar-refractivity contribution in [3.63, 3.8) is 0 Å². The van der Waals surface area contributed by atoms with Gasteiger partial charge in [-0.2, -0.15) is 0 Å². The summed E-state index contributed by atoms with van der Waals surface area (Å²) < 4.78 is 16.4. The predicted molar refractivity (Wildman–Crippen MR) is 91.5 cm³/mol. The molecule has 1 aliphatic carbocycles. The van der Waals surface area contributed by atoms with E-state index in [1.165, 1.54) is 0 Å². The van der Waals surface area contributed by atoms with Crippen molar-refractivity contribution in [1.29, 1.82) is 0 Å². The zero-order valence-electron chi connectivity index (χ0n) is 15.7. The number of piperazine rings is 1. The number of allylic oxidation sites excluding steroid dienone is 1. The molecule has 3 N–H and O–H groups in total. The monoisotopic (exact) mass is 393 g/mol. The van der Waals surface area contributed by atoms with Crippen LogP contribution < -0.4 is 5.73 Å². The van der Waals surface area contributed by atoms with Crippen LogP contribution in [0.1, 0.15) is 13.3 Å². The van der Waals surface area contributed by atoms with Crippen molar-refractivity contribution < 1.29 is 33.7 Å². The Balaban J connectivity index is 1.64. The number of rotatable bonds is 3. The number of likely N-dealkylation sites (N-methyl/N-ethyl adjacent to an activating group) is 1. The Kier molecular flexibility index (Phi) is 3.57. The first-order valence-electron chi connectivity index (χ1n) is 9.54. The van der Waals surface area contributed by atoms with Gasteiger partial charge < -0.3 is 30.0 Å². The first-order valence-corrected chi connectivity index (χ1v) is 9.54. The Morgan fingerprint density at radius 2 is 2.00 bits per heavy atom. The molecule has 0 radical (unpaired) electrons. The summed E-state index contributed by atoms with van der Waals surface area (Å²) in [5.41, 5.74) is 3.94. The number of amides is 1. The van der Waals surface area contributed by atoms with Crippen molar-refractivity contribution in [2.24, 2.45) is 17.6 Å². The molecule has 4 aliphatic heterocycles. The third kappa shape index (κ3) is 1.89. The molecule has 0 aromatic carbocycles. The van der Waals surface area contributed by atoms with Crippen molar-refractivity contribution in [2.45, 2.75) is 36.9 Å². The lowest BCUT2D eigenvalue weighted by atomic mass is 9.74. The third-order valence-electron chi connectivity index (χ3n) is 6.95. The van der Waals surface area contributed by atoms with Crippen LogP contribution in [-0.2, 0) is 23.8 Å². The van der Waals surface area contributed by atoms with Crippen LogP contribution in [-0.4, -0.2) is 89.6 Å². The molecule has 5 rings (SSSR count). The van der Waals surface area contributed by atoms with Gasteiger partial charge in [-0.3, -0.25) is 14.5 Å². The van der Waals surface area contributed by atoms with Crippen molar-refractivity contribution in [1.82, 2.24) is 9.80 Å². The first kappa shape index (κ1) is 18.0. The summed E-state index contributed by atoms with van der Waals surface area (Å²) in [7, 11) is 1.87. The van der Waals surface area contributed by atoms with E-state index in [0.717, 1.165) is 0 Å². The standard InChI is InChI=1S/C18H23N3O7/c1-3-8-13(22)12-11(15(23)18(8)27-4-5-28-18)9(7-26-16(19)24)17(25)14-10(20(14)2)6-21(12)17/h8-10,14,25H,3-7H2,1-2H3,(H2,19,24)/t8?,9-,10-,14-,17+,20?/m0/s1. The highest BCUT2D eigenvalue weighted by molar-refractivity contribution is 6.17. The van der Waals surface area contributed by atoms with Gasteiger partial charge >= 0.3 is 6.09 Å². The van der Waals surface area contributed by atoms with E-state index < -0.39 is 35.2 Å². The van der Waals surface area contributed by atoms with Crippen LogP contribution >= 0.6 is 0 Å². The molecule has 0 aromatic heterocycles. The van der Waals surface area contributed by atoms with Gasteiger partial charge in [-0.05, 0) is 13.5 Å². The molecule has 28 heavy (non-hydrogen) atoms. The summed E-state index contributed by atoms with van der Waals surface area (Å²) in [6.07, 6.45) is -0.643. The van der Waals surface area contributed by atoms with Crippen LogP contribution in [0.25, 0.3) is 0 Å². The van der Waals surface area contributed by atoms with E-state index >= 15 is 0 Å². The van der Waals surface area contributed by atoms with Gasteiger partial charge in [0.05, 0.1) is 36.8 Å². The molecule has 0 bridgehead atoms. The van der Waals surface area contributed by atoms with Gasteiger partial charge in [0.25, 0.3) is 0 Å². The second-order valence-electron chi connectivity index (χ2n) is 8.03. The number of nitrogens with zero attached hydrogens (tertiary/aromatic N) is 2. The van der Waals surface area contributed by atoms with E-state index in [1.807, 2.05) is 11.9 Å². The molecule has 1 amide bonds. The second kappa shape index (κ2) is 5.53. The largest absolute Gasteiger partial charge is 0.449 e. The van der Waals surface area contributed by atoms with E-state index in [4.69, 9.17) is 19.9 Å². The average molecular weight is 393 g/mol. The van der Waals surface area contributed by atoms with E-state index in [1.54, 1.807) is 11.8 Å². The number of carbonyl (C=O) groups excluding carboxylic acids is 3. The minimum absolute atomic E-state index is 0.0768. The highest BCUT2D eigenvalue weighted by Gasteiger charge is 2.76. The van der Waals surface area contributed by atoms with Crippen molar-refractivity contribution >= 4 is 17.7 Å². The molecule has 0 aromatic rings. The van der Waals surface area contributed by atoms with Crippen LogP contribution in [0, 0.1) is 11.8 Å². The van der Waals surface area contributed by atoms with Gasteiger partial charge in [-0.1, -0.05) is 6.92 Å². The highest BCUT2D eigenvalue weighted by Crippen LogP contribution is 2.59. The number of hydrogen-bond acceptors (Lipinski definition) is 9. The fourth-order valence-corrected chi connectivity index (χ4v) is 5.70. The number of aliphatic hydroxyl groups is 1. The first-order chi connectivity index (χ1) is 13.3. The topological polar surface area (TPSA) is 131 Å². The van der Waals surface area contributed by atoms with E-state index in [-0.39, 0.29) is 49.0 Å². The van der Waals surface area contributed by atoms with E-state index in [9.17, 15) is 19.5 Å². The number of nitrogens with two attached hydrogens (primary N) is 1. The lowest BCUT2D eigenvalue weighted by Crippen LogP contribution is -2.55. The van der Waals surface area contributed by atoms with Crippen LogP contribution in [0.4, 0.5) is 4.79 Å². The lowest BCUT2D eigenvalue weighted by Gasteiger charge is -2.38. The molecule has 2 unspecified atom stereocenters. The van der Waals surface area contributed by atoms with Gasteiger partial charge in [-0.15, -0.1) is 0 Å². The Morgan fingerprint density at radius 3 is 2.61 bits per heavy atom. The number of ether oxygens (including phenoxy) is 3. The van der Waals surface area contributed by atoms with Crippen LogP contribution in [0.5, 0.6) is 0 Å². The van der Waals surface area contributed by atoms with Crippen LogP contribution in [0.2, 0.25) is 0 Å². The molecular weight excluding hydrogens is 370 g/mol. The smallest absolute Gasteiger partial charge is 0.404 e. The molecule has 0 saturated carbocycles. The maximum Gasteiger partial charge on any atom is 0.404 e. The number of hydrogen-bond donors (Lipinski definition) is 2. The zero-order chi connectivity index (χ0) is 20.0. The van der Waals surface area contributed by atoms with Gasteiger partial charge in [0.2, 0.25) is 11.6 Å². The number of fused-ring (bicyclic) bond motifs is 4. The van der Waals surface area contributed by atoms with Crippen molar-refractivity contribution in [3.8, 4) is 0 Å². The van der Waals surface area contributed by atoms with Crippen molar-refractivity contribution in [3.05, 3.63) is 11.3 Å².